The Morgan fingerprint density at radius 2 is 1.69 bits per heavy atom. The second kappa shape index (κ2) is 9.96. The van der Waals surface area contributed by atoms with Gasteiger partial charge in [-0.05, 0) is 34.7 Å². The summed E-state index contributed by atoms with van der Waals surface area (Å²) in [5, 5.41) is 16.3. The first kappa shape index (κ1) is 25.2. The summed E-state index contributed by atoms with van der Waals surface area (Å²) in [4.78, 5) is 13.4. The summed E-state index contributed by atoms with van der Waals surface area (Å²) >= 11 is 0. The molecule has 0 radical (unpaired) electrons. The van der Waals surface area contributed by atoms with Crippen LogP contribution in [0.2, 0.25) is 0 Å². The Morgan fingerprint density at radius 1 is 1.00 bits per heavy atom. The molecule has 0 aliphatic heterocycles. The molecule has 36 heavy (non-hydrogen) atoms. The molecule has 186 valence electrons. The van der Waals surface area contributed by atoms with Crippen LogP contribution in [0.3, 0.4) is 0 Å². The highest BCUT2D eigenvalue weighted by molar-refractivity contribution is 7.89. The lowest BCUT2D eigenvalue weighted by Gasteiger charge is -2.09. The minimum absolute atomic E-state index is 0.0115. The molecular formula is C27H29N5O3S. The largest absolute Gasteiger partial charge is 0.384 e. The number of nitrogen functional groups attached to an aromatic ring is 1. The Hall–Kier alpha value is -3.95. The number of nitrogens with zero attached hydrogens (tertiary/aromatic N) is 1. The molecule has 3 aromatic carbocycles. The molecule has 6 N–H and O–H groups in total. The van der Waals surface area contributed by atoms with Crippen molar-refractivity contribution in [1.29, 1.82) is 5.41 Å². The second-order valence-corrected chi connectivity index (χ2v) is 10.6. The van der Waals surface area contributed by atoms with Crippen molar-refractivity contribution in [3.05, 3.63) is 111 Å². The molecule has 9 heteroatoms. The topological polar surface area (TPSA) is 148 Å². The van der Waals surface area contributed by atoms with E-state index < -0.39 is 10.0 Å². The maximum absolute atomic E-state index is 13.3. The van der Waals surface area contributed by atoms with Gasteiger partial charge in [-0.25, -0.2) is 18.2 Å². The first-order chi connectivity index (χ1) is 17.0. The molecule has 0 bridgehead atoms. The summed E-state index contributed by atoms with van der Waals surface area (Å²) in [5.41, 5.74) is 10.7. The number of sulfonamides is 1. The molecule has 1 heterocycles. The van der Waals surface area contributed by atoms with Gasteiger partial charge >= 0.3 is 0 Å². The van der Waals surface area contributed by atoms with Gasteiger partial charge in [0, 0.05) is 28.8 Å². The maximum atomic E-state index is 13.3. The zero-order chi connectivity index (χ0) is 26.0. The van der Waals surface area contributed by atoms with E-state index in [1.165, 1.54) is 6.07 Å². The van der Waals surface area contributed by atoms with E-state index in [2.05, 4.69) is 5.10 Å². The van der Waals surface area contributed by atoms with Crippen molar-refractivity contribution in [2.75, 3.05) is 0 Å². The molecule has 0 saturated heterocycles. The lowest BCUT2D eigenvalue weighted by molar-refractivity contribution is 0.598. The van der Waals surface area contributed by atoms with Crippen LogP contribution in [0.4, 0.5) is 0 Å². The van der Waals surface area contributed by atoms with Crippen molar-refractivity contribution in [2.24, 2.45) is 10.9 Å². The maximum Gasteiger partial charge on any atom is 0.270 e. The lowest BCUT2D eigenvalue weighted by Crippen LogP contribution is -2.20. The van der Waals surface area contributed by atoms with Gasteiger partial charge in [-0.15, -0.1) is 0 Å². The minimum Gasteiger partial charge on any atom is -0.384 e. The van der Waals surface area contributed by atoms with Crippen molar-refractivity contribution < 1.29 is 8.42 Å². The fourth-order valence-electron chi connectivity index (χ4n) is 4.28. The number of nitrogens with one attached hydrogen (secondary N) is 2. The van der Waals surface area contributed by atoms with E-state index in [0.29, 0.717) is 29.7 Å². The van der Waals surface area contributed by atoms with Crippen LogP contribution < -0.4 is 16.4 Å². The van der Waals surface area contributed by atoms with E-state index >= 15 is 0 Å². The molecule has 0 spiro atoms. The third kappa shape index (κ3) is 5.32. The normalized spacial score (nSPS) is 11.7. The average Bonchev–Trinajstić information content (AvgIpc) is 3.14. The van der Waals surface area contributed by atoms with Crippen molar-refractivity contribution in [1.82, 2.24) is 9.78 Å². The molecule has 8 nitrogen and oxygen atoms in total. The van der Waals surface area contributed by atoms with Gasteiger partial charge < -0.3 is 5.73 Å². The number of hydrogen-bond acceptors (Lipinski definition) is 4. The monoisotopic (exact) mass is 503 g/mol. The van der Waals surface area contributed by atoms with Crippen LogP contribution >= 0.6 is 0 Å². The number of aromatic amines is 1. The Balaban J connectivity index is 1.63. The standard InChI is InChI=1S/C27H29N5O3S/c1-17(2)25-23(15-19-6-5-7-21(14-19)26(28)29)27(33)32(31-25)16-18-10-12-20(13-11-18)22-8-3-4-9-24(22)36(30,34)35/h3-14,17,31H,15-16H2,1-2H3,(H3,28,29)(H2,30,34,35). The molecule has 0 fully saturated rings. The Kier molecular flexibility index (Phi) is 6.96. The van der Waals surface area contributed by atoms with Gasteiger partial charge in [0.05, 0.1) is 11.4 Å². The highest BCUT2D eigenvalue weighted by atomic mass is 32.2. The van der Waals surface area contributed by atoms with Gasteiger partial charge in [0.25, 0.3) is 5.56 Å². The van der Waals surface area contributed by atoms with Crippen LogP contribution in [-0.4, -0.2) is 24.0 Å². The van der Waals surface area contributed by atoms with Gasteiger partial charge in [-0.1, -0.05) is 74.5 Å². The second-order valence-electron chi connectivity index (χ2n) is 9.08. The highest BCUT2D eigenvalue weighted by Gasteiger charge is 2.18. The van der Waals surface area contributed by atoms with Gasteiger partial charge in [0.2, 0.25) is 10.0 Å². The smallest absolute Gasteiger partial charge is 0.270 e. The van der Waals surface area contributed by atoms with E-state index in [4.69, 9.17) is 16.3 Å². The number of hydrogen-bond donors (Lipinski definition) is 4. The predicted octanol–water partition coefficient (Wildman–Crippen LogP) is 3.54. The van der Waals surface area contributed by atoms with Crippen LogP contribution in [0, 0.1) is 5.41 Å². The minimum atomic E-state index is -3.86. The highest BCUT2D eigenvalue weighted by Crippen LogP contribution is 2.27. The van der Waals surface area contributed by atoms with Gasteiger partial charge in [0.15, 0.2) is 0 Å². The van der Waals surface area contributed by atoms with Crippen LogP contribution in [0.5, 0.6) is 0 Å². The quantitative estimate of drug-likeness (QED) is 0.215. The van der Waals surface area contributed by atoms with Crippen molar-refractivity contribution in [3.8, 4) is 11.1 Å². The third-order valence-electron chi connectivity index (χ3n) is 6.08. The summed E-state index contributed by atoms with van der Waals surface area (Å²) in [6, 6.07) is 21.3. The van der Waals surface area contributed by atoms with Gasteiger partial charge in [0.1, 0.15) is 5.84 Å². The average molecular weight is 504 g/mol. The number of benzene rings is 3. The molecule has 0 amide bonds. The number of amidine groups is 1. The first-order valence-corrected chi connectivity index (χ1v) is 13.0. The fourth-order valence-corrected chi connectivity index (χ4v) is 5.04. The Morgan fingerprint density at radius 3 is 2.33 bits per heavy atom. The molecule has 0 atom stereocenters. The van der Waals surface area contributed by atoms with E-state index in [0.717, 1.165) is 22.4 Å². The third-order valence-corrected chi connectivity index (χ3v) is 7.05. The zero-order valence-corrected chi connectivity index (χ0v) is 21.0. The van der Waals surface area contributed by atoms with Gasteiger partial charge in [-0.2, -0.15) is 0 Å². The molecule has 0 aliphatic rings. The van der Waals surface area contributed by atoms with Crippen LogP contribution in [0.1, 0.15) is 47.7 Å². The number of rotatable bonds is 8. The molecule has 4 aromatic rings. The van der Waals surface area contributed by atoms with Crippen molar-refractivity contribution in [3.63, 3.8) is 0 Å². The van der Waals surface area contributed by atoms with Crippen LogP contribution in [0.25, 0.3) is 11.1 Å². The summed E-state index contributed by atoms with van der Waals surface area (Å²) in [6.45, 7) is 4.40. The van der Waals surface area contributed by atoms with Crippen molar-refractivity contribution in [2.45, 2.75) is 37.6 Å². The lowest BCUT2D eigenvalue weighted by atomic mass is 9.98. The molecule has 0 aliphatic carbocycles. The van der Waals surface area contributed by atoms with Crippen LogP contribution in [-0.2, 0) is 23.0 Å². The van der Waals surface area contributed by atoms with E-state index in [1.54, 1.807) is 28.9 Å². The first-order valence-electron chi connectivity index (χ1n) is 11.5. The molecule has 0 unspecified atom stereocenters. The fraction of sp³-hybridized carbons (Fsp3) is 0.185. The number of aromatic nitrogens is 2. The van der Waals surface area contributed by atoms with Crippen LogP contribution in [0.15, 0.2) is 82.5 Å². The zero-order valence-electron chi connectivity index (χ0n) is 20.2. The molecule has 0 saturated carbocycles. The van der Waals surface area contributed by atoms with E-state index in [-0.39, 0.29) is 22.2 Å². The number of H-pyrrole nitrogens is 1. The van der Waals surface area contributed by atoms with E-state index in [9.17, 15) is 13.2 Å². The molecule has 1 aromatic heterocycles. The number of nitrogens with two attached hydrogens (primary N) is 2. The summed E-state index contributed by atoms with van der Waals surface area (Å²) in [6.07, 6.45) is 0.431. The summed E-state index contributed by atoms with van der Waals surface area (Å²) in [5.74, 6) is 0.101. The summed E-state index contributed by atoms with van der Waals surface area (Å²) < 4.78 is 25.5. The predicted molar refractivity (Wildman–Crippen MR) is 142 cm³/mol. The Bertz CT molecular complexity index is 1580. The van der Waals surface area contributed by atoms with Crippen molar-refractivity contribution >= 4 is 15.9 Å². The SMILES string of the molecule is CC(C)c1[nH]n(Cc2ccc(-c3ccccc3S(N)(=O)=O)cc2)c(=O)c1Cc1cccc(C(=N)N)c1. The molecule has 4 rings (SSSR count). The number of primary sulfonamides is 1. The van der Waals surface area contributed by atoms with Gasteiger partial charge in [-0.3, -0.25) is 15.3 Å². The molecular weight excluding hydrogens is 474 g/mol. The van der Waals surface area contributed by atoms with E-state index in [1.807, 2.05) is 56.3 Å². The Labute approximate surface area is 210 Å². The summed E-state index contributed by atoms with van der Waals surface area (Å²) in [7, 11) is -3.86.